The first-order valence-corrected chi connectivity index (χ1v) is 3.51. The number of primary amides is 1. The smallest absolute Gasteiger partial charge is 0.349 e. The molecule has 72 valence electrons. The van der Waals surface area contributed by atoms with Gasteiger partial charge in [0.05, 0.1) is 0 Å². The van der Waals surface area contributed by atoms with Gasteiger partial charge in [0.25, 0.3) is 5.91 Å². The molecule has 0 radical (unpaired) electrons. The van der Waals surface area contributed by atoms with E-state index in [9.17, 15) is 14.4 Å². The molecule has 0 aromatic rings. The summed E-state index contributed by atoms with van der Waals surface area (Å²) in [5.74, 6) is -2.74. The lowest BCUT2D eigenvalue weighted by Crippen LogP contribution is -2.35. The van der Waals surface area contributed by atoms with E-state index in [2.05, 4.69) is 5.73 Å². The number of urea groups is 1. The third-order valence-corrected chi connectivity index (χ3v) is 1.62. The van der Waals surface area contributed by atoms with Crippen molar-refractivity contribution in [1.82, 2.24) is 5.32 Å². The highest BCUT2D eigenvalue weighted by molar-refractivity contribution is 6.53. The second-order valence-corrected chi connectivity index (χ2v) is 2.51. The van der Waals surface area contributed by atoms with Crippen molar-refractivity contribution in [2.24, 2.45) is 5.73 Å². The minimum Gasteiger partial charge on any atom is -0.477 e. The number of halogens is 2. The normalized spacial score (nSPS) is 11.5. The molecule has 0 saturated heterocycles. The lowest BCUT2D eigenvalue weighted by molar-refractivity contribution is -0.132. The van der Waals surface area contributed by atoms with E-state index in [1.165, 1.54) is 0 Å². The SMILES string of the molecule is NC(=O)NC(=O)/C(Cl)=C(/Cl)C(=O)O. The molecule has 13 heavy (non-hydrogen) atoms. The Balaban J connectivity index is 4.68. The quantitative estimate of drug-likeness (QED) is 0.574. The maximum Gasteiger partial charge on any atom is 0.349 e. The van der Waals surface area contributed by atoms with Crippen LogP contribution in [0, 0.1) is 0 Å². The van der Waals surface area contributed by atoms with E-state index in [1.807, 2.05) is 0 Å². The minimum atomic E-state index is -1.58. The lowest BCUT2D eigenvalue weighted by Gasteiger charge is -1.98. The second-order valence-electron chi connectivity index (χ2n) is 1.75. The van der Waals surface area contributed by atoms with Crippen molar-refractivity contribution in [1.29, 1.82) is 0 Å². The van der Waals surface area contributed by atoms with E-state index in [4.69, 9.17) is 28.3 Å². The number of aliphatic carboxylic acids is 1. The van der Waals surface area contributed by atoms with Crippen LogP contribution in [0.25, 0.3) is 0 Å². The zero-order valence-corrected chi connectivity index (χ0v) is 7.52. The van der Waals surface area contributed by atoms with Crippen molar-refractivity contribution in [3.63, 3.8) is 0 Å². The first-order chi connectivity index (χ1) is 5.86. The van der Waals surface area contributed by atoms with Crippen LogP contribution in [0.1, 0.15) is 0 Å². The average molecular weight is 227 g/mol. The van der Waals surface area contributed by atoms with E-state index in [-0.39, 0.29) is 0 Å². The molecule has 6 nitrogen and oxygen atoms in total. The van der Waals surface area contributed by atoms with Gasteiger partial charge in [0, 0.05) is 0 Å². The number of nitrogens with one attached hydrogen (secondary N) is 1. The largest absolute Gasteiger partial charge is 0.477 e. The molecule has 3 amide bonds. The number of carbonyl (C=O) groups is 3. The van der Waals surface area contributed by atoms with Crippen molar-refractivity contribution in [2.45, 2.75) is 0 Å². The standard InChI is InChI=1S/C5H4Cl2N2O4/c6-1(2(7)4(11)12)3(10)9-5(8)13/h(H,11,12)(H3,8,9,10,13)/b2-1-. The number of hydrogen-bond acceptors (Lipinski definition) is 3. The van der Waals surface area contributed by atoms with Gasteiger partial charge in [-0.2, -0.15) is 0 Å². The van der Waals surface area contributed by atoms with Crippen LogP contribution in [-0.2, 0) is 9.59 Å². The summed E-state index contributed by atoms with van der Waals surface area (Å²) in [6, 6.07) is -1.15. The fourth-order valence-corrected chi connectivity index (χ4v) is 0.574. The molecule has 0 atom stereocenters. The molecule has 0 spiro atoms. The number of nitrogens with two attached hydrogens (primary N) is 1. The van der Waals surface area contributed by atoms with E-state index >= 15 is 0 Å². The van der Waals surface area contributed by atoms with Crippen LogP contribution in [0.4, 0.5) is 4.79 Å². The van der Waals surface area contributed by atoms with Gasteiger partial charge in [-0.25, -0.2) is 9.59 Å². The molecule has 0 rings (SSSR count). The molecule has 0 saturated carbocycles. The van der Waals surface area contributed by atoms with Gasteiger partial charge in [0.2, 0.25) is 0 Å². The van der Waals surface area contributed by atoms with Gasteiger partial charge < -0.3 is 10.8 Å². The Labute approximate surface area is 82.3 Å². The Morgan fingerprint density at radius 1 is 1.15 bits per heavy atom. The summed E-state index contributed by atoms with van der Waals surface area (Å²) in [4.78, 5) is 31.0. The summed E-state index contributed by atoms with van der Waals surface area (Å²) in [5, 5.41) is 8.11. The number of rotatable bonds is 2. The highest BCUT2D eigenvalue weighted by atomic mass is 35.5. The zero-order valence-electron chi connectivity index (χ0n) is 6.01. The average Bonchev–Trinajstić information content (AvgIpc) is 2.00. The van der Waals surface area contributed by atoms with Crippen molar-refractivity contribution >= 4 is 41.1 Å². The molecule has 0 aliphatic rings. The molecule has 0 bridgehead atoms. The Hall–Kier alpha value is -1.27. The third-order valence-electron chi connectivity index (χ3n) is 0.817. The van der Waals surface area contributed by atoms with Gasteiger partial charge in [0.15, 0.2) is 0 Å². The monoisotopic (exact) mass is 226 g/mol. The summed E-state index contributed by atoms with van der Waals surface area (Å²) in [6.07, 6.45) is 0. The summed E-state index contributed by atoms with van der Waals surface area (Å²) in [7, 11) is 0. The maximum absolute atomic E-state index is 10.7. The summed E-state index contributed by atoms with van der Waals surface area (Å²) < 4.78 is 0. The van der Waals surface area contributed by atoms with Crippen molar-refractivity contribution in [2.75, 3.05) is 0 Å². The predicted octanol–water partition coefficient (Wildman–Crippen LogP) is -0.0449. The van der Waals surface area contributed by atoms with Gasteiger partial charge >= 0.3 is 12.0 Å². The maximum atomic E-state index is 10.7. The molecule has 0 aromatic carbocycles. The molecular weight excluding hydrogens is 223 g/mol. The number of hydrogen-bond donors (Lipinski definition) is 3. The van der Waals surface area contributed by atoms with Crippen molar-refractivity contribution in [3.8, 4) is 0 Å². The summed E-state index contributed by atoms with van der Waals surface area (Å²) in [5.41, 5.74) is 4.56. The van der Waals surface area contributed by atoms with Crippen LogP contribution in [0.2, 0.25) is 0 Å². The van der Waals surface area contributed by atoms with Gasteiger partial charge in [0.1, 0.15) is 10.1 Å². The van der Waals surface area contributed by atoms with Gasteiger partial charge in [-0.15, -0.1) is 0 Å². The Morgan fingerprint density at radius 3 is 1.92 bits per heavy atom. The second kappa shape index (κ2) is 4.68. The molecule has 0 fully saturated rings. The molecule has 0 aromatic heterocycles. The molecule has 0 unspecified atom stereocenters. The molecule has 0 aliphatic heterocycles. The van der Waals surface area contributed by atoms with Crippen molar-refractivity contribution in [3.05, 3.63) is 10.1 Å². The fraction of sp³-hybridized carbons (Fsp3) is 0. The fourth-order valence-electron chi connectivity index (χ4n) is 0.360. The molecule has 8 heteroatoms. The van der Waals surface area contributed by atoms with Crippen LogP contribution >= 0.6 is 23.2 Å². The van der Waals surface area contributed by atoms with E-state index in [0.29, 0.717) is 0 Å². The number of carbonyl (C=O) groups excluding carboxylic acids is 2. The minimum absolute atomic E-state index is 0.812. The van der Waals surface area contributed by atoms with Crippen LogP contribution in [0.3, 0.4) is 0 Å². The zero-order chi connectivity index (χ0) is 10.6. The van der Waals surface area contributed by atoms with Gasteiger partial charge in [-0.3, -0.25) is 10.1 Å². The molecule has 0 aliphatic carbocycles. The van der Waals surface area contributed by atoms with E-state index in [1.54, 1.807) is 5.32 Å². The first kappa shape index (κ1) is 11.7. The highest BCUT2D eigenvalue weighted by Crippen LogP contribution is 2.13. The van der Waals surface area contributed by atoms with Crippen LogP contribution in [0.5, 0.6) is 0 Å². The number of carboxylic acid groups (broad SMARTS) is 1. The van der Waals surface area contributed by atoms with Crippen LogP contribution in [-0.4, -0.2) is 23.0 Å². The van der Waals surface area contributed by atoms with Crippen molar-refractivity contribution < 1.29 is 19.5 Å². The molecular formula is C5H4Cl2N2O4. The Kier molecular flexibility index (Phi) is 4.22. The van der Waals surface area contributed by atoms with Crippen LogP contribution < -0.4 is 11.1 Å². The van der Waals surface area contributed by atoms with Gasteiger partial charge in [-0.05, 0) is 0 Å². The number of carboxylic acids is 1. The van der Waals surface area contributed by atoms with Gasteiger partial charge in [-0.1, -0.05) is 23.2 Å². The number of amides is 3. The predicted molar refractivity (Wildman–Crippen MR) is 44.1 cm³/mol. The Bertz CT molecular complexity index is 299. The molecule has 4 N–H and O–H groups in total. The summed E-state index contributed by atoms with van der Waals surface area (Å²) in [6.45, 7) is 0. The summed E-state index contributed by atoms with van der Waals surface area (Å²) >= 11 is 10.2. The number of imide groups is 1. The van der Waals surface area contributed by atoms with E-state index in [0.717, 1.165) is 0 Å². The Morgan fingerprint density at radius 2 is 1.62 bits per heavy atom. The van der Waals surface area contributed by atoms with E-state index < -0.39 is 28.0 Å². The molecule has 0 heterocycles. The first-order valence-electron chi connectivity index (χ1n) is 2.75. The third kappa shape index (κ3) is 3.77. The topological polar surface area (TPSA) is 109 Å². The highest BCUT2D eigenvalue weighted by Gasteiger charge is 2.17. The lowest BCUT2D eigenvalue weighted by atomic mass is 10.4. The van der Waals surface area contributed by atoms with Crippen LogP contribution in [0.15, 0.2) is 10.1 Å².